The second-order valence-corrected chi connectivity index (χ2v) is 7.68. The second kappa shape index (κ2) is 21.9. The zero-order valence-electron chi connectivity index (χ0n) is 20.9. The van der Waals surface area contributed by atoms with Crippen molar-refractivity contribution in [2.75, 3.05) is 86.9 Å². The van der Waals surface area contributed by atoms with Crippen LogP contribution in [0.3, 0.4) is 0 Å². The summed E-state index contributed by atoms with van der Waals surface area (Å²) in [6, 6.07) is 5.49. The van der Waals surface area contributed by atoms with Crippen molar-refractivity contribution in [1.29, 1.82) is 0 Å². The molecular weight excluding hydrogens is 444 g/mol. The maximum Gasteiger partial charge on any atom is 0.203 e. The number of methoxy groups -OCH3 is 2. The molecule has 34 heavy (non-hydrogen) atoms. The van der Waals surface area contributed by atoms with Crippen molar-refractivity contribution < 1.29 is 43.4 Å². The van der Waals surface area contributed by atoms with Gasteiger partial charge in [-0.15, -0.1) is 0 Å². The number of hydrogen-bond acceptors (Lipinski definition) is 9. The molecule has 1 unspecified atom stereocenters. The molecule has 0 aliphatic rings. The van der Waals surface area contributed by atoms with E-state index in [1.165, 1.54) is 0 Å². The summed E-state index contributed by atoms with van der Waals surface area (Å²) in [6.07, 6.45) is 4.99. The van der Waals surface area contributed by atoms with Gasteiger partial charge in [-0.1, -0.05) is 6.07 Å². The molecule has 1 aromatic carbocycles. The molecule has 0 spiro atoms. The minimum atomic E-state index is 0.0519. The van der Waals surface area contributed by atoms with Gasteiger partial charge in [0.05, 0.1) is 60.5 Å². The van der Waals surface area contributed by atoms with E-state index in [0.717, 1.165) is 32.1 Å². The van der Waals surface area contributed by atoms with Crippen LogP contribution >= 0.6 is 0 Å². The number of rotatable bonds is 24. The molecular formula is C25H44O9. The van der Waals surface area contributed by atoms with Crippen molar-refractivity contribution in [2.24, 2.45) is 5.92 Å². The number of aliphatic hydroxyl groups excluding tert-OH is 2. The zero-order valence-corrected chi connectivity index (χ0v) is 20.9. The Kier molecular flexibility index (Phi) is 19.6. The van der Waals surface area contributed by atoms with Crippen LogP contribution < -0.4 is 14.2 Å². The normalized spacial score (nSPS) is 12.0. The van der Waals surface area contributed by atoms with E-state index in [-0.39, 0.29) is 13.2 Å². The first-order chi connectivity index (χ1) is 16.8. The Morgan fingerprint density at radius 3 is 1.68 bits per heavy atom. The lowest BCUT2D eigenvalue weighted by Gasteiger charge is -2.17. The van der Waals surface area contributed by atoms with Crippen LogP contribution in [0.2, 0.25) is 0 Å². The number of hydrogen-bond donors (Lipinski definition) is 2. The maximum absolute atomic E-state index is 8.84. The van der Waals surface area contributed by atoms with Gasteiger partial charge in [0.2, 0.25) is 5.75 Å². The minimum Gasteiger partial charge on any atom is -0.493 e. The molecule has 198 valence electrons. The number of benzene rings is 1. The van der Waals surface area contributed by atoms with Crippen LogP contribution in [0.4, 0.5) is 0 Å². The number of para-hydroxylation sites is 1. The quantitative estimate of drug-likeness (QED) is 0.213. The second-order valence-electron chi connectivity index (χ2n) is 7.68. The average Bonchev–Trinajstić information content (AvgIpc) is 2.86. The largest absolute Gasteiger partial charge is 0.493 e. The molecule has 0 saturated heterocycles. The summed E-state index contributed by atoms with van der Waals surface area (Å²) in [7, 11) is 3.19. The molecule has 0 bridgehead atoms. The van der Waals surface area contributed by atoms with Gasteiger partial charge in [-0.3, -0.25) is 0 Å². The summed E-state index contributed by atoms with van der Waals surface area (Å²) in [5.41, 5.74) is 0. The third-order valence-electron chi connectivity index (χ3n) is 5.17. The van der Waals surface area contributed by atoms with Crippen LogP contribution in [0.15, 0.2) is 18.2 Å². The molecule has 0 aliphatic heterocycles. The third-order valence-corrected chi connectivity index (χ3v) is 5.17. The molecule has 1 aromatic rings. The van der Waals surface area contributed by atoms with Gasteiger partial charge in [0.1, 0.15) is 6.61 Å². The summed E-state index contributed by atoms with van der Waals surface area (Å²) in [5, 5.41) is 17.6. The van der Waals surface area contributed by atoms with Crippen molar-refractivity contribution in [2.45, 2.75) is 32.1 Å². The van der Waals surface area contributed by atoms with Crippen LogP contribution in [-0.2, 0) is 18.9 Å². The van der Waals surface area contributed by atoms with Gasteiger partial charge in [-0.25, -0.2) is 0 Å². The lowest BCUT2D eigenvalue weighted by molar-refractivity contribution is 0.0328. The Morgan fingerprint density at radius 1 is 0.618 bits per heavy atom. The fourth-order valence-electron chi connectivity index (χ4n) is 3.45. The summed E-state index contributed by atoms with van der Waals surface area (Å²) in [4.78, 5) is 0. The highest BCUT2D eigenvalue weighted by Crippen LogP contribution is 2.36. The Hall–Kier alpha value is -1.62. The lowest BCUT2D eigenvalue weighted by Crippen LogP contribution is -2.13. The minimum absolute atomic E-state index is 0.0519. The molecule has 9 nitrogen and oxygen atoms in total. The van der Waals surface area contributed by atoms with Gasteiger partial charge < -0.3 is 43.4 Å². The highest BCUT2D eigenvalue weighted by atomic mass is 16.6. The van der Waals surface area contributed by atoms with E-state index in [1.54, 1.807) is 14.2 Å². The maximum atomic E-state index is 8.84. The van der Waals surface area contributed by atoms with Crippen LogP contribution in [0.1, 0.15) is 32.1 Å². The van der Waals surface area contributed by atoms with Crippen molar-refractivity contribution >= 4 is 0 Å². The monoisotopic (exact) mass is 488 g/mol. The summed E-state index contributed by atoms with van der Waals surface area (Å²) in [6.45, 7) is 4.76. The van der Waals surface area contributed by atoms with E-state index in [4.69, 9.17) is 43.4 Å². The molecule has 9 heteroatoms. The molecule has 0 saturated carbocycles. The van der Waals surface area contributed by atoms with Gasteiger partial charge in [-0.05, 0) is 50.2 Å². The van der Waals surface area contributed by atoms with Crippen molar-refractivity contribution in [3.8, 4) is 17.2 Å². The molecule has 0 fully saturated rings. The van der Waals surface area contributed by atoms with Gasteiger partial charge in [0.25, 0.3) is 0 Å². The van der Waals surface area contributed by atoms with Crippen molar-refractivity contribution in [3.63, 3.8) is 0 Å². The molecule has 2 N–H and O–H groups in total. The SMILES string of the molecule is COc1cccc(OC)c1OCCOCCOCCCC(CCCOCCO)CCOCCO. The van der Waals surface area contributed by atoms with Gasteiger partial charge >= 0.3 is 0 Å². The Bertz CT molecular complexity index is 563. The van der Waals surface area contributed by atoms with Crippen molar-refractivity contribution in [3.05, 3.63) is 18.2 Å². The summed E-state index contributed by atoms with van der Waals surface area (Å²) in [5.74, 6) is 2.35. The predicted molar refractivity (Wildman–Crippen MR) is 129 cm³/mol. The van der Waals surface area contributed by atoms with E-state index in [9.17, 15) is 0 Å². The van der Waals surface area contributed by atoms with E-state index in [1.807, 2.05) is 18.2 Å². The molecule has 0 radical (unpaired) electrons. The van der Waals surface area contributed by atoms with Crippen LogP contribution in [0.25, 0.3) is 0 Å². The molecule has 0 aromatic heterocycles. The average molecular weight is 489 g/mol. The Morgan fingerprint density at radius 2 is 1.12 bits per heavy atom. The Labute approximate surface area is 204 Å². The molecule has 1 rings (SSSR count). The van der Waals surface area contributed by atoms with E-state index in [2.05, 4.69) is 0 Å². The first-order valence-corrected chi connectivity index (χ1v) is 12.1. The zero-order chi connectivity index (χ0) is 24.7. The first-order valence-electron chi connectivity index (χ1n) is 12.1. The van der Waals surface area contributed by atoms with Crippen LogP contribution in [-0.4, -0.2) is 97.1 Å². The fraction of sp³-hybridized carbons (Fsp3) is 0.760. The highest BCUT2D eigenvalue weighted by Gasteiger charge is 2.11. The first kappa shape index (κ1) is 30.4. The van der Waals surface area contributed by atoms with Crippen molar-refractivity contribution in [1.82, 2.24) is 0 Å². The van der Waals surface area contributed by atoms with E-state index in [0.29, 0.717) is 82.6 Å². The summed E-state index contributed by atoms with van der Waals surface area (Å²) < 4.78 is 38.4. The number of aliphatic hydroxyl groups is 2. The molecule has 0 aliphatic carbocycles. The molecule has 0 amide bonds. The standard InChI is InChI=1S/C25H44O9/c1-28-23-8-3-9-24(29-2)25(23)34-21-20-33-19-18-31-14-5-7-22(10-15-32-17-12-27)6-4-13-30-16-11-26/h3,8-9,22,26-27H,4-7,10-21H2,1-2H3. The third kappa shape index (κ3) is 14.6. The highest BCUT2D eigenvalue weighted by molar-refractivity contribution is 5.51. The van der Waals surface area contributed by atoms with Gasteiger partial charge in [-0.2, -0.15) is 0 Å². The molecule has 1 atom stereocenters. The lowest BCUT2D eigenvalue weighted by atomic mass is 9.95. The van der Waals surface area contributed by atoms with Crippen LogP contribution in [0, 0.1) is 5.92 Å². The van der Waals surface area contributed by atoms with Gasteiger partial charge in [0, 0.05) is 19.8 Å². The van der Waals surface area contributed by atoms with E-state index < -0.39 is 0 Å². The summed E-state index contributed by atoms with van der Waals surface area (Å²) >= 11 is 0. The predicted octanol–water partition coefficient (Wildman–Crippen LogP) is 2.70. The fourth-order valence-corrected chi connectivity index (χ4v) is 3.45. The van der Waals surface area contributed by atoms with Crippen LogP contribution in [0.5, 0.6) is 17.2 Å². The molecule has 0 heterocycles. The Balaban J connectivity index is 2.11. The smallest absolute Gasteiger partial charge is 0.203 e. The number of ether oxygens (including phenoxy) is 7. The van der Waals surface area contributed by atoms with E-state index >= 15 is 0 Å². The topological polar surface area (TPSA) is 105 Å². The van der Waals surface area contributed by atoms with Gasteiger partial charge in [0.15, 0.2) is 11.5 Å².